The van der Waals surface area contributed by atoms with Crippen LogP contribution < -0.4 is 5.56 Å². The Morgan fingerprint density at radius 3 is 2.81 bits per heavy atom. The van der Waals surface area contributed by atoms with Crippen molar-refractivity contribution in [2.45, 2.75) is 58.0 Å². The number of benzene rings is 1. The molecule has 0 radical (unpaired) electrons. The number of rotatable bonds is 4. The molecule has 7 nitrogen and oxygen atoms in total. The Kier molecular flexibility index (Phi) is 5.59. The van der Waals surface area contributed by atoms with Gasteiger partial charge in [-0.15, -0.1) is 0 Å². The molecule has 0 bridgehead atoms. The molecule has 0 aliphatic carbocycles. The lowest BCUT2D eigenvalue weighted by Crippen LogP contribution is -2.39. The molecule has 2 aliphatic rings. The van der Waals surface area contributed by atoms with E-state index in [0.717, 1.165) is 30.9 Å². The minimum atomic E-state index is -0.0813. The van der Waals surface area contributed by atoms with Crippen LogP contribution in [-0.2, 0) is 17.8 Å². The number of carbonyl (C=O) groups is 1. The highest BCUT2D eigenvalue weighted by Gasteiger charge is 2.29. The first-order valence-corrected chi connectivity index (χ1v) is 11.7. The first-order chi connectivity index (χ1) is 15.5. The summed E-state index contributed by atoms with van der Waals surface area (Å²) in [6.45, 7) is 6.84. The molecule has 0 unspecified atom stereocenters. The summed E-state index contributed by atoms with van der Waals surface area (Å²) in [6.07, 6.45) is 4.08. The summed E-state index contributed by atoms with van der Waals surface area (Å²) in [5, 5.41) is 3.37. The Morgan fingerprint density at radius 1 is 1.22 bits per heavy atom. The number of nitrogens with one attached hydrogen (secondary N) is 1. The molecule has 1 N–H and O–H groups in total. The molecule has 1 saturated heterocycles. The molecular weight excluding hydrogens is 402 g/mol. The van der Waals surface area contributed by atoms with Gasteiger partial charge in [-0.3, -0.25) is 19.6 Å². The number of H-pyrrole nitrogens is 1. The number of hydrogen-bond donors (Lipinski definition) is 1. The van der Waals surface area contributed by atoms with Crippen LogP contribution in [0.2, 0.25) is 0 Å². The first-order valence-electron chi connectivity index (χ1n) is 11.7. The molecule has 3 aromatic rings. The van der Waals surface area contributed by atoms with E-state index in [4.69, 9.17) is 4.98 Å². The maximum atomic E-state index is 13.2. The molecule has 32 heavy (non-hydrogen) atoms. The molecule has 168 valence electrons. The van der Waals surface area contributed by atoms with Gasteiger partial charge >= 0.3 is 0 Å². The van der Waals surface area contributed by atoms with Crippen molar-refractivity contribution in [1.82, 2.24) is 24.4 Å². The minimum Gasteiger partial charge on any atom is -0.338 e. The number of aromatic nitrogens is 3. The van der Waals surface area contributed by atoms with Crippen LogP contribution in [-0.4, -0.2) is 49.9 Å². The summed E-state index contributed by atoms with van der Waals surface area (Å²) in [7, 11) is 0. The molecule has 0 saturated carbocycles. The van der Waals surface area contributed by atoms with Crippen LogP contribution in [0.5, 0.6) is 0 Å². The normalized spacial score (nSPS) is 20.3. The van der Waals surface area contributed by atoms with E-state index < -0.39 is 0 Å². The standard InChI is InChI=1S/C25H31N5O2/c1-17(19-8-4-3-5-9-19)15-29-12-7-6-10-23(29)22-14-24-26-21-11-13-28(18(2)31)16-20(21)25(32)30(24)27-22/h3-5,8-9,14,17,23,27H,6-7,10-13,15-16H2,1-2H3/t17-,23-/m1/s1. The Labute approximate surface area is 188 Å². The van der Waals surface area contributed by atoms with Gasteiger partial charge in [-0.05, 0) is 30.9 Å². The summed E-state index contributed by atoms with van der Waals surface area (Å²) in [5.41, 5.74) is 4.48. The lowest BCUT2D eigenvalue weighted by atomic mass is 9.95. The first kappa shape index (κ1) is 20.9. The fourth-order valence-corrected chi connectivity index (χ4v) is 5.24. The van der Waals surface area contributed by atoms with E-state index in [0.29, 0.717) is 36.6 Å². The molecule has 1 amide bonds. The topological polar surface area (TPSA) is 73.7 Å². The van der Waals surface area contributed by atoms with Crippen LogP contribution in [0.4, 0.5) is 0 Å². The van der Waals surface area contributed by atoms with Crippen molar-refractivity contribution in [1.29, 1.82) is 0 Å². The highest BCUT2D eigenvalue weighted by atomic mass is 16.2. The third kappa shape index (κ3) is 3.86. The Morgan fingerprint density at radius 2 is 2.03 bits per heavy atom. The lowest BCUT2D eigenvalue weighted by Gasteiger charge is -2.36. The predicted molar refractivity (Wildman–Crippen MR) is 124 cm³/mol. The molecule has 1 fully saturated rings. The number of amides is 1. The zero-order valence-electron chi connectivity index (χ0n) is 18.9. The second-order valence-corrected chi connectivity index (χ2v) is 9.26. The van der Waals surface area contributed by atoms with Gasteiger partial charge in [0.2, 0.25) is 5.91 Å². The predicted octanol–water partition coefficient (Wildman–Crippen LogP) is 3.26. The van der Waals surface area contributed by atoms with Gasteiger partial charge < -0.3 is 4.90 Å². The fourth-order valence-electron chi connectivity index (χ4n) is 5.24. The molecular formula is C25H31N5O2. The number of nitrogens with zero attached hydrogens (tertiary/aromatic N) is 4. The van der Waals surface area contributed by atoms with E-state index in [9.17, 15) is 9.59 Å². The summed E-state index contributed by atoms with van der Waals surface area (Å²) in [5.74, 6) is 0.435. The van der Waals surface area contributed by atoms with Crippen LogP contribution in [0.25, 0.3) is 5.65 Å². The minimum absolute atomic E-state index is 0.00212. The number of aromatic amines is 1. The van der Waals surface area contributed by atoms with E-state index in [2.05, 4.69) is 53.3 Å². The summed E-state index contributed by atoms with van der Waals surface area (Å²) >= 11 is 0. The molecule has 4 heterocycles. The van der Waals surface area contributed by atoms with Gasteiger partial charge in [-0.1, -0.05) is 43.7 Å². The molecule has 2 aliphatic heterocycles. The Bertz CT molecular complexity index is 1180. The number of carbonyl (C=O) groups excluding carboxylic acids is 1. The van der Waals surface area contributed by atoms with E-state index in [1.165, 1.54) is 18.4 Å². The Balaban J connectivity index is 1.44. The second-order valence-electron chi connectivity index (χ2n) is 9.26. The van der Waals surface area contributed by atoms with Crippen LogP contribution in [0.15, 0.2) is 41.2 Å². The van der Waals surface area contributed by atoms with Crippen molar-refractivity contribution in [3.63, 3.8) is 0 Å². The lowest BCUT2D eigenvalue weighted by molar-refractivity contribution is -0.129. The van der Waals surface area contributed by atoms with Crippen LogP contribution >= 0.6 is 0 Å². The zero-order chi connectivity index (χ0) is 22.2. The van der Waals surface area contributed by atoms with Gasteiger partial charge in [0.15, 0.2) is 5.65 Å². The van der Waals surface area contributed by atoms with Gasteiger partial charge in [0.05, 0.1) is 29.5 Å². The van der Waals surface area contributed by atoms with E-state index in [1.807, 2.05) is 0 Å². The number of likely N-dealkylation sites (tertiary alicyclic amines) is 1. The number of fused-ring (bicyclic) bond motifs is 2. The average molecular weight is 434 g/mol. The van der Waals surface area contributed by atoms with Crippen molar-refractivity contribution in [3.05, 3.63) is 69.3 Å². The van der Waals surface area contributed by atoms with Crippen molar-refractivity contribution < 1.29 is 4.79 Å². The van der Waals surface area contributed by atoms with E-state index >= 15 is 0 Å². The SMILES string of the molecule is CC(=O)N1CCc2nc3cc([C@H]4CCCCN4C[C@@H](C)c4ccccc4)[nH]n3c(=O)c2C1. The molecule has 1 aromatic carbocycles. The third-order valence-corrected chi connectivity index (χ3v) is 7.08. The molecule has 0 spiro atoms. The van der Waals surface area contributed by atoms with Crippen LogP contribution in [0.3, 0.4) is 0 Å². The van der Waals surface area contributed by atoms with Crippen LogP contribution in [0, 0.1) is 0 Å². The van der Waals surface area contributed by atoms with Crippen molar-refractivity contribution in [3.8, 4) is 0 Å². The monoisotopic (exact) mass is 433 g/mol. The smallest absolute Gasteiger partial charge is 0.277 e. The largest absolute Gasteiger partial charge is 0.338 e. The maximum Gasteiger partial charge on any atom is 0.277 e. The number of piperidine rings is 1. The van der Waals surface area contributed by atoms with E-state index in [-0.39, 0.29) is 17.5 Å². The highest BCUT2D eigenvalue weighted by molar-refractivity contribution is 5.73. The van der Waals surface area contributed by atoms with Crippen molar-refractivity contribution in [2.24, 2.45) is 0 Å². The van der Waals surface area contributed by atoms with E-state index in [1.54, 1.807) is 16.3 Å². The van der Waals surface area contributed by atoms with Gasteiger partial charge in [0, 0.05) is 32.5 Å². The average Bonchev–Trinajstić information content (AvgIpc) is 3.24. The molecule has 7 heteroatoms. The zero-order valence-corrected chi connectivity index (χ0v) is 18.9. The third-order valence-electron chi connectivity index (χ3n) is 7.08. The molecule has 2 atom stereocenters. The quantitative estimate of drug-likeness (QED) is 0.685. The fraction of sp³-hybridized carbons (Fsp3) is 0.480. The van der Waals surface area contributed by atoms with Gasteiger partial charge in [0.1, 0.15) is 0 Å². The Hall–Kier alpha value is -2.93. The maximum absolute atomic E-state index is 13.2. The van der Waals surface area contributed by atoms with Gasteiger partial charge in [0.25, 0.3) is 5.56 Å². The van der Waals surface area contributed by atoms with Crippen LogP contribution in [0.1, 0.15) is 67.6 Å². The van der Waals surface area contributed by atoms with Gasteiger partial charge in [-0.2, -0.15) is 0 Å². The summed E-state index contributed by atoms with van der Waals surface area (Å²) in [6, 6.07) is 13.0. The summed E-state index contributed by atoms with van der Waals surface area (Å²) < 4.78 is 1.57. The number of hydrogen-bond acceptors (Lipinski definition) is 4. The van der Waals surface area contributed by atoms with Gasteiger partial charge in [-0.25, -0.2) is 9.50 Å². The summed E-state index contributed by atoms with van der Waals surface area (Å²) in [4.78, 5) is 34.1. The molecule has 5 rings (SSSR count). The van der Waals surface area contributed by atoms with Crippen molar-refractivity contribution in [2.75, 3.05) is 19.6 Å². The second kappa shape index (κ2) is 8.54. The van der Waals surface area contributed by atoms with Crippen molar-refractivity contribution >= 4 is 11.6 Å². The molecule has 2 aromatic heterocycles. The highest BCUT2D eigenvalue weighted by Crippen LogP contribution is 2.32.